The maximum atomic E-state index is 12.2. The Morgan fingerprint density at radius 3 is 3.00 bits per heavy atom. The van der Waals surface area contributed by atoms with Crippen LogP contribution >= 0.6 is 11.7 Å². The van der Waals surface area contributed by atoms with E-state index in [1.807, 2.05) is 12.1 Å². The molecule has 6 nitrogen and oxygen atoms in total. The van der Waals surface area contributed by atoms with Crippen molar-refractivity contribution in [3.8, 4) is 23.3 Å². The van der Waals surface area contributed by atoms with Gasteiger partial charge in [-0.3, -0.25) is 4.79 Å². The normalized spacial score (nSPS) is 13.9. The van der Waals surface area contributed by atoms with Gasteiger partial charge < -0.3 is 14.8 Å². The molecule has 1 aromatic heterocycles. The lowest BCUT2D eigenvalue weighted by atomic mass is 10.0. The fourth-order valence-electron chi connectivity index (χ4n) is 3.08. The molecule has 0 unspecified atom stereocenters. The van der Waals surface area contributed by atoms with Gasteiger partial charge in [0, 0.05) is 17.5 Å². The summed E-state index contributed by atoms with van der Waals surface area (Å²) in [6, 6.07) is 11.1. The number of aromatic nitrogens is 2. The molecule has 0 radical (unpaired) electrons. The number of hydrogen-bond acceptors (Lipinski definition) is 6. The van der Waals surface area contributed by atoms with Crippen LogP contribution < -0.4 is 14.8 Å². The highest BCUT2D eigenvalue weighted by molar-refractivity contribution is 7.00. The van der Waals surface area contributed by atoms with Gasteiger partial charge in [0.15, 0.2) is 11.5 Å². The van der Waals surface area contributed by atoms with E-state index in [2.05, 4.69) is 45.8 Å². The maximum Gasteiger partial charge on any atom is 0.252 e. The largest absolute Gasteiger partial charge is 0.483 e. The first-order valence-electron chi connectivity index (χ1n) is 8.92. The Labute approximate surface area is 167 Å². The van der Waals surface area contributed by atoms with Gasteiger partial charge in [0.25, 0.3) is 5.91 Å². The topological polar surface area (TPSA) is 73.3 Å². The second kappa shape index (κ2) is 7.49. The molecule has 0 atom stereocenters. The van der Waals surface area contributed by atoms with Crippen LogP contribution in [0.2, 0.25) is 0 Å². The first-order chi connectivity index (χ1) is 13.5. The lowest BCUT2D eigenvalue weighted by molar-refractivity contribution is 0.0958. The third-order valence-electron chi connectivity index (χ3n) is 4.33. The van der Waals surface area contributed by atoms with Gasteiger partial charge in [0.05, 0.1) is 18.3 Å². The number of rotatable bonds is 4. The average molecular weight is 393 g/mol. The molecule has 4 rings (SSSR count). The number of amides is 1. The number of benzene rings is 2. The van der Waals surface area contributed by atoms with Crippen molar-refractivity contribution in [2.24, 2.45) is 0 Å². The minimum absolute atomic E-state index is 0.193. The molecule has 0 saturated carbocycles. The first kappa shape index (κ1) is 18.3. The number of hydrogen-bond donors (Lipinski definition) is 1. The van der Waals surface area contributed by atoms with E-state index in [1.165, 1.54) is 0 Å². The van der Waals surface area contributed by atoms with Crippen LogP contribution in [0.3, 0.4) is 0 Å². The molecular formula is C21H19N3O3S. The van der Waals surface area contributed by atoms with E-state index in [0.717, 1.165) is 40.5 Å². The molecular weight excluding hydrogens is 374 g/mol. The van der Waals surface area contributed by atoms with Gasteiger partial charge in [-0.15, -0.1) is 0 Å². The number of para-hydroxylation sites is 1. The molecule has 142 valence electrons. The molecule has 28 heavy (non-hydrogen) atoms. The average Bonchev–Trinajstić information content (AvgIpc) is 3.26. The number of carbonyl (C=O) groups excluding carboxylic acids is 1. The summed E-state index contributed by atoms with van der Waals surface area (Å²) in [5, 5.41) is 2.77. The molecule has 1 aliphatic rings. The predicted octanol–water partition coefficient (Wildman–Crippen LogP) is 3.22. The zero-order chi connectivity index (χ0) is 19.6. The molecule has 1 N–H and O–H groups in total. The van der Waals surface area contributed by atoms with Crippen molar-refractivity contribution in [3.63, 3.8) is 0 Å². The lowest BCUT2D eigenvalue weighted by Gasteiger charge is -2.17. The van der Waals surface area contributed by atoms with Crippen molar-refractivity contribution in [2.75, 3.05) is 13.2 Å². The number of nitrogens with one attached hydrogen (secondary N) is 1. The molecule has 1 amide bonds. The smallest absolute Gasteiger partial charge is 0.252 e. The minimum atomic E-state index is -0.213. The minimum Gasteiger partial charge on any atom is -0.483 e. The van der Waals surface area contributed by atoms with Crippen LogP contribution in [0, 0.1) is 11.8 Å². The molecule has 0 bridgehead atoms. The standard InChI is InChI=1S/C21H19N3O3S/c1-21(2)13-15-6-5-7-18(19(15)27-21)26-11-4-3-10-22-20(25)14-8-9-16-17(12-14)24-28-23-16/h5-9,12H,10-11,13H2,1-2H3,(H,22,25). The predicted molar refractivity (Wildman–Crippen MR) is 108 cm³/mol. The van der Waals surface area contributed by atoms with Gasteiger partial charge in [0.2, 0.25) is 0 Å². The molecule has 0 aliphatic carbocycles. The van der Waals surface area contributed by atoms with Crippen molar-refractivity contribution < 1.29 is 14.3 Å². The summed E-state index contributed by atoms with van der Waals surface area (Å²) in [6.07, 6.45) is 0.861. The molecule has 7 heteroatoms. The van der Waals surface area contributed by atoms with Gasteiger partial charge >= 0.3 is 0 Å². The molecule has 0 saturated heterocycles. The SMILES string of the molecule is CC1(C)Cc2cccc(OCC#CCNC(=O)c3ccc4nsnc4c3)c2O1. The summed E-state index contributed by atoms with van der Waals surface area (Å²) in [4.78, 5) is 12.2. The third kappa shape index (κ3) is 3.92. The van der Waals surface area contributed by atoms with E-state index < -0.39 is 0 Å². The van der Waals surface area contributed by atoms with Crippen LogP contribution in [0.1, 0.15) is 29.8 Å². The summed E-state index contributed by atoms with van der Waals surface area (Å²) in [5.74, 6) is 7.12. The second-order valence-corrected chi connectivity index (χ2v) is 7.60. The van der Waals surface area contributed by atoms with Crippen LogP contribution in [0.25, 0.3) is 11.0 Å². The lowest BCUT2D eigenvalue weighted by Crippen LogP contribution is -2.24. The van der Waals surface area contributed by atoms with Crippen molar-refractivity contribution in [1.29, 1.82) is 0 Å². The van der Waals surface area contributed by atoms with E-state index in [4.69, 9.17) is 9.47 Å². The highest BCUT2D eigenvalue weighted by Crippen LogP contribution is 2.41. The Morgan fingerprint density at radius 2 is 2.11 bits per heavy atom. The Balaban J connectivity index is 1.28. The van der Waals surface area contributed by atoms with E-state index >= 15 is 0 Å². The Kier molecular flexibility index (Phi) is 4.88. The van der Waals surface area contributed by atoms with Gasteiger partial charge in [-0.2, -0.15) is 8.75 Å². The summed E-state index contributed by atoms with van der Waals surface area (Å²) in [6.45, 7) is 4.59. The van der Waals surface area contributed by atoms with E-state index in [-0.39, 0.29) is 24.7 Å². The molecule has 0 fully saturated rings. The van der Waals surface area contributed by atoms with Gasteiger partial charge in [0.1, 0.15) is 23.2 Å². The zero-order valence-electron chi connectivity index (χ0n) is 15.6. The van der Waals surface area contributed by atoms with E-state index in [1.54, 1.807) is 18.2 Å². The summed E-state index contributed by atoms with van der Waals surface area (Å²) in [5.41, 5.74) is 2.99. The second-order valence-electron chi connectivity index (χ2n) is 7.08. The molecule has 2 heterocycles. The Bertz CT molecular complexity index is 1090. The highest BCUT2D eigenvalue weighted by Gasteiger charge is 2.32. The van der Waals surface area contributed by atoms with Crippen LogP contribution in [0.4, 0.5) is 0 Å². The van der Waals surface area contributed by atoms with Gasteiger partial charge in [-0.05, 0) is 38.1 Å². The van der Waals surface area contributed by atoms with Crippen LogP contribution in [0.15, 0.2) is 36.4 Å². The summed E-state index contributed by atoms with van der Waals surface area (Å²) in [7, 11) is 0. The fourth-order valence-corrected chi connectivity index (χ4v) is 3.60. The summed E-state index contributed by atoms with van der Waals surface area (Å²) < 4.78 is 20.0. The number of fused-ring (bicyclic) bond motifs is 2. The van der Waals surface area contributed by atoms with E-state index in [9.17, 15) is 4.79 Å². The summed E-state index contributed by atoms with van der Waals surface area (Å²) >= 11 is 1.13. The third-order valence-corrected chi connectivity index (χ3v) is 4.89. The van der Waals surface area contributed by atoms with Gasteiger partial charge in [-0.25, -0.2) is 0 Å². The Hall–Kier alpha value is -3.11. The monoisotopic (exact) mass is 393 g/mol. The highest BCUT2D eigenvalue weighted by atomic mass is 32.1. The van der Waals surface area contributed by atoms with Crippen LogP contribution in [0.5, 0.6) is 11.5 Å². The van der Waals surface area contributed by atoms with Crippen molar-refractivity contribution >= 4 is 28.7 Å². The molecule has 1 aliphatic heterocycles. The fraction of sp³-hybridized carbons (Fsp3) is 0.286. The number of ether oxygens (including phenoxy) is 2. The van der Waals surface area contributed by atoms with Crippen LogP contribution in [-0.4, -0.2) is 33.4 Å². The first-order valence-corrected chi connectivity index (χ1v) is 9.65. The molecule has 2 aromatic carbocycles. The number of nitrogens with zero attached hydrogens (tertiary/aromatic N) is 2. The molecule has 3 aromatic rings. The Morgan fingerprint density at radius 1 is 1.25 bits per heavy atom. The van der Waals surface area contributed by atoms with Crippen molar-refractivity contribution in [1.82, 2.24) is 14.1 Å². The molecule has 0 spiro atoms. The van der Waals surface area contributed by atoms with Gasteiger partial charge in [-0.1, -0.05) is 24.0 Å². The van der Waals surface area contributed by atoms with Crippen molar-refractivity contribution in [2.45, 2.75) is 25.9 Å². The van der Waals surface area contributed by atoms with Crippen LogP contribution in [-0.2, 0) is 6.42 Å². The maximum absolute atomic E-state index is 12.2. The number of carbonyl (C=O) groups is 1. The zero-order valence-corrected chi connectivity index (χ0v) is 16.4. The quantitative estimate of drug-likeness (QED) is 0.689. The van der Waals surface area contributed by atoms with Crippen molar-refractivity contribution in [3.05, 3.63) is 47.5 Å². The van der Waals surface area contributed by atoms with E-state index in [0.29, 0.717) is 11.3 Å².